The topological polar surface area (TPSA) is 65.2 Å². The second-order valence-electron chi connectivity index (χ2n) is 2.31. The van der Waals surface area contributed by atoms with Crippen molar-refractivity contribution >= 4 is 12.1 Å². The number of rotatable bonds is 2. The van der Waals surface area contributed by atoms with Crippen LogP contribution in [0.4, 0.5) is 19.0 Å². The van der Waals surface area contributed by atoms with Crippen molar-refractivity contribution in [2.45, 2.75) is 6.36 Å². The lowest BCUT2D eigenvalue weighted by Gasteiger charge is -2.09. The molecule has 0 unspecified atom stereocenters. The third kappa shape index (κ3) is 2.61. The highest BCUT2D eigenvalue weighted by molar-refractivity contribution is 5.80. The van der Waals surface area contributed by atoms with Gasteiger partial charge in [-0.1, -0.05) is 0 Å². The van der Waals surface area contributed by atoms with E-state index in [0.717, 1.165) is 12.3 Å². The number of carbonyl (C=O) groups excluding carboxylic acids is 1. The van der Waals surface area contributed by atoms with Crippen molar-refractivity contribution in [3.63, 3.8) is 0 Å². The summed E-state index contributed by atoms with van der Waals surface area (Å²) in [5.41, 5.74) is 4.86. The lowest BCUT2D eigenvalue weighted by molar-refractivity contribution is -0.274. The second kappa shape index (κ2) is 3.52. The molecule has 0 amide bonds. The smallest absolute Gasteiger partial charge is 0.403 e. The van der Waals surface area contributed by atoms with E-state index in [-0.39, 0.29) is 17.7 Å². The number of alkyl halides is 3. The average molecular weight is 206 g/mol. The minimum Gasteiger partial charge on any atom is -0.403 e. The molecule has 1 aromatic heterocycles. The fourth-order valence-electron chi connectivity index (χ4n) is 0.777. The van der Waals surface area contributed by atoms with Crippen LogP contribution in [-0.2, 0) is 0 Å². The number of aromatic nitrogens is 1. The molecule has 0 aliphatic carbocycles. The van der Waals surface area contributed by atoms with E-state index < -0.39 is 12.1 Å². The Bertz CT molecular complexity index is 351. The fourth-order valence-corrected chi connectivity index (χ4v) is 0.777. The monoisotopic (exact) mass is 206 g/mol. The number of nitrogens with two attached hydrogens (primary N) is 1. The van der Waals surface area contributed by atoms with Gasteiger partial charge in [0.2, 0.25) is 0 Å². The minimum absolute atomic E-state index is 0.0541. The zero-order chi connectivity index (χ0) is 10.8. The first-order valence-electron chi connectivity index (χ1n) is 3.39. The number of nitrogen functional groups attached to an aromatic ring is 1. The lowest BCUT2D eigenvalue weighted by atomic mass is 10.2. The molecule has 0 aliphatic heterocycles. The van der Waals surface area contributed by atoms with Crippen molar-refractivity contribution in [3.05, 3.63) is 17.8 Å². The summed E-state index contributed by atoms with van der Waals surface area (Å²) in [5.74, 6) is -0.719. The Morgan fingerprint density at radius 1 is 1.50 bits per heavy atom. The van der Waals surface area contributed by atoms with Gasteiger partial charge < -0.3 is 10.5 Å². The first kappa shape index (κ1) is 10.3. The summed E-state index contributed by atoms with van der Waals surface area (Å²) < 4.78 is 38.8. The minimum atomic E-state index is -4.85. The third-order valence-corrected chi connectivity index (χ3v) is 1.27. The van der Waals surface area contributed by atoms with Crippen LogP contribution in [0.15, 0.2) is 12.3 Å². The molecule has 2 N–H and O–H groups in total. The van der Waals surface area contributed by atoms with Crippen LogP contribution in [0.1, 0.15) is 10.4 Å². The molecule has 0 aliphatic rings. The van der Waals surface area contributed by atoms with E-state index in [2.05, 4.69) is 9.72 Å². The maximum Gasteiger partial charge on any atom is 0.573 e. The molecule has 0 atom stereocenters. The van der Waals surface area contributed by atoms with Gasteiger partial charge in [-0.15, -0.1) is 13.2 Å². The molecule has 0 saturated heterocycles. The van der Waals surface area contributed by atoms with E-state index in [4.69, 9.17) is 5.73 Å². The number of pyridine rings is 1. The SMILES string of the molecule is Nc1cc(C=O)c(OC(F)(F)F)cn1. The normalized spacial score (nSPS) is 11.1. The second-order valence-corrected chi connectivity index (χ2v) is 2.31. The number of hydrogen-bond acceptors (Lipinski definition) is 4. The summed E-state index contributed by atoms with van der Waals surface area (Å²) >= 11 is 0. The quantitative estimate of drug-likeness (QED) is 0.742. The van der Waals surface area contributed by atoms with Gasteiger partial charge in [0, 0.05) is 0 Å². The Morgan fingerprint density at radius 3 is 2.64 bits per heavy atom. The highest BCUT2D eigenvalue weighted by Crippen LogP contribution is 2.25. The molecule has 0 saturated carbocycles. The van der Waals surface area contributed by atoms with Crippen LogP contribution in [0.2, 0.25) is 0 Å². The first-order chi connectivity index (χ1) is 6.42. The molecule has 4 nitrogen and oxygen atoms in total. The van der Waals surface area contributed by atoms with Gasteiger partial charge in [-0.3, -0.25) is 4.79 Å². The van der Waals surface area contributed by atoms with E-state index in [9.17, 15) is 18.0 Å². The Labute approximate surface area is 76.5 Å². The molecule has 1 heterocycles. The van der Waals surface area contributed by atoms with Gasteiger partial charge in [0.15, 0.2) is 12.0 Å². The van der Waals surface area contributed by atoms with Crippen molar-refractivity contribution in [1.29, 1.82) is 0 Å². The van der Waals surface area contributed by atoms with Crippen molar-refractivity contribution in [1.82, 2.24) is 4.98 Å². The maximum atomic E-state index is 11.8. The number of aldehydes is 1. The Morgan fingerprint density at radius 2 is 2.14 bits per heavy atom. The molecule has 7 heteroatoms. The zero-order valence-electron chi connectivity index (χ0n) is 6.71. The summed E-state index contributed by atoms with van der Waals surface area (Å²) in [4.78, 5) is 13.7. The number of hydrogen-bond donors (Lipinski definition) is 1. The summed E-state index contributed by atoms with van der Waals surface area (Å²) in [6.07, 6.45) is -3.90. The van der Waals surface area contributed by atoms with Crippen LogP contribution in [0.3, 0.4) is 0 Å². The van der Waals surface area contributed by atoms with Gasteiger partial charge >= 0.3 is 6.36 Å². The highest BCUT2D eigenvalue weighted by atomic mass is 19.4. The van der Waals surface area contributed by atoms with Crippen LogP contribution >= 0.6 is 0 Å². The number of carbonyl (C=O) groups is 1. The predicted molar refractivity (Wildman–Crippen MR) is 40.7 cm³/mol. The van der Waals surface area contributed by atoms with Gasteiger partial charge in [0.1, 0.15) is 5.82 Å². The average Bonchev–Trinajstić information content (AvgIpc) is 2.06. The fraction of sp³-hybridized carbons (Fsp3) is 0.143. The number of nitrogens with zero attached hydrogens (tertiary/aromatic N) is 1. The van der Waals surface area contributed by atoms with Crippen LogP contribution in [0, 0.1) is 0 Å². The largest absolute Gasteiger partial charge is 0.573 e. The standard InChI is InChI=1S/C7H5F3N2O2/c8-7(9,10)14-5-2-12-6(11)1-4(5)3-13/h1-3H,(H2,11,12). The van der Waals surface area contributed by atoms with Crippen LogP contribution in [0.25, 0.3) is 0 Å². The molecular formula is C7H5F3N2O2. The molecule has 0 fully saturated rings. The first-order valence-corrected chi connectivity index (χ1v) is 3.39. The summed E-state index contributed by atoms with van der Waals surface area (Å²) in [6, 6.07) is 0.994. The van der Waals surface area contributed by atoms with Crippen molar-refractivity contribution in [3.8, 4) is 5.75 Å². The van der Waals surface area contributed by atoms with Crippen LogP contribution in [-0.4, -0.2) is 17.6 Å². The molecule has 0 aromatic carbocycles. The summed E-state index contributed by atoms with van der Waals surface area (Å²) in [5, 5.41) is 0. The van der Waals surface area contributed by atoms with E-state index in [0.29, 0.717) is 0 Å². The molecule has 0 bridgehead atoms. The Kier molecular flexibility index (Phi) is 2.59. The molecule has 0 spiro atoms. The molecule has 0 radical (unpaired) electrons. The van der Waals surface area contributed by atoms with Gasteiger partial charge in [-0.25, -0.2) is 4.98 Å². The van der Waals surface area contributed by atoms with E-state index in [1.807, 2.05) is 0 Å². The van der Waals surface area contributed by atoms with E-state index in [1.54, 1.807) is 0 Å². The number of ether oxygens (including phenoxy) is 1. The molecule has 1 rings (SSSR count). The Balaban J connectivity index is 3.03. The highest BCUT2D eigenvalue weighted by Gasteiger charge is 2.32. The van der Waals surface area contributed by atoms with Gasteiger partial charge in [-0.05, 0) is 6.07 Å². The van der Waals surface area contributed by atoms with E-state index in [1.165, 1.54) is 0 Å². The number of halogens is 3. The molecule has 1 aromatic rings. The predicted octanol–water partition coefficient (Wildman–Crippen LogP) is 1.37. The Hall–Kier alpha value is -1.79. The lowest BCUT2D eigenvalue weighted by Crippen LogP contribution is -2.18. The molecule has 76 valence electrons. The third-order valence-electron chi connectivity index (χ3n) is 1.27. The summed E-state index contributed by atoms with van der Waals surface area (Å²) in [6.45, 7) is 0. The van der Waals surface area contributed by atoms with Crippen molar-refractivity contribution in [2.75, 3.05) is 5.73 Å². The zero-order valence-corrected chi connectivity index (χ0v) is 6.71. The van der Waals surface area contributed by atoms with Gasteiger partial charge in [0.05, 0.1) is 11.8 Å². The molecule has 14 heavy (non-hydrogen) atoms. The van der Waals surface area contributed by atoms with Crippen molar-refractivity contribution in [2.24, 2.45) is 0 Å². The number of anilines is 1. The van der Waals surface area contributed by atoms with Gasteiger partial charge in [0.25, 0.3) is 0 Å². The van der Waals surface area contributed by atoms with Crippen molar-refractivity contribution < 1.29 is 22.7 Å². The van der Waals surface area contributed by atoms with Crippen LogP contribution < -0.4 is 10.5 Å². The summed E-state index contributed by atoms with van der Waals surface area (Å²) in [7, 11) is 0. The van der Waals surface area contributed by atoms with E-state index >= 15 is 0 Å². The van der Waals surface area contributed by atoms with Crippen LogP contribution in [0.5, 0.6) is 5.75 Å². The maximum absolute atomic E-state index is 11.8. The van der Waals surface area contributed by atoms with Gasteiger partial charge in [-0.2, -0.15) is 0 Å². The molecular weight excluding hydrogens is 201 g/mol.